The molecular weight excluding hydrogens is 1190 g/mol. The average Bonchev–Trinajstić information content (AvgIpc) is 2.11. The molecule has 0 aliphatic heterocycles. The number of hydrogen-bond acceptors (Lipinski definition) is 14. The van der Waals surface area contributed by atoms with Crippen molar-refractivity contribution in [3.05, 3.63) is 247 Å². The van der Waals surface area contributed by atoms with Gasteiger partial charge in [-0.25, -0.2) is 25.3 Å². The lowest BCUT2D eigenvalue weighted by molar-refractivity contribution is 0.242. The van der Waals surface area contributed by atoms with Crippen molar-refractivity contribution in [2.45, 2.75) is 112 Å². The summed E-state index contributed by atoms with van der Waals surface area (Å²) in [6.07, 6.45) is 2.22. The van der Waals surface area contributed by atoms with E-state index in [0.717, 1.165) is 95.4 Å². The third kappa shape index (κ3) is 16.3. The van der Waals surface area contributed by atoms with Gasteiger partial charge in [0.15, 0.2) is 29.5 Å². The topological polar surface area (TPSA) is 163 Å². The summed E-state index contributed by atoms with van der Waals surface area (Å²) in [6.45, 7) is 17.6. The molecule has 86 heavy (non-hydrogen) atoms. The molecule has 0 fully saturated rings. The Kier molecular flexibility index (Phi) is 20.1. The molecule has 0 unspecified atom stereocenters. The van der Waals surface area contributed by atoms with Crippen LogP contribution in [0.25, 0.3) is 43.6 Å². The maximum atomic E-state index is 12.8. The molecule has 442 valence electrons. The van der Waals surface area contributed by atoms with Gasteiger partial charge in [-0.05, 0) is 187 Å². The number of aryl methyl sites for hydroxylation is 9. The standard InChI is InChI=1S/C20H21NO3S.C17H17NS.2C16H15NO2S2/c1-14(2)24-18-9-11-19(12-10-18)25(22,23)13-17-6-4-5-16-8-7-15(3)21-20(16)17;1-12-6-8-14-4-3-5-15(17(14)18-12)9-11-16-10-7-13(2)19-16;1-11-6-8-13-4-3-5-14(16(13)17-11)10-21(18,19)15-9-7-12(2)20-15;1-11-8-15(20-9-11)21(18,19)10-14-5-3-4-13-7-6-12(2)17-16(13)14/h4-12,14H,13H2,1-3H3;3-8,10H,9,11H2,1-2H3;2*3-9H,10H2,1-2H3. The van der Waals surface area contributed by atoms with E-state index >= 15 is 0 Å². The molecule has 0 bridgehead atoms. The van der Waals surface area contributed by atoms with Gasteiger partial charge in [0.25, 0.3) is 0 Å². The van der Waals surface area contributed by atoms with Crippen LogP contribution in [0.1, 0.15) is 79.1 Å². The van der Waals surface area contributed by atoms with E-state index in [9.17, 15) is 25.3 Å². The van der Waals surface area contributed by atoms with Crippen LogP contribution in [-0.2, 0) is 59.6 Å². The van der Waals surface area contributed by atoms with Crippen LogP contribution >= 0.6 is 34.0 Å². The first kappa shape index (κ1) is 63.0. The van der Waals surface area contributed by atoms with Gasteiger partial charge in [0, 0.05) is 59.0 Å². The third-order valence-corrected chi connectivity index (χ3v) is 23.1. The SMILES string of the molecule is Cc1ccc2cccc(CCc3ccc(C)s3)c2n1.Cc1ccc2cccc(CS(=O)(=O)c3ccc(C)s3)c2n1.Cc1ccc2cccc(CS(=O)(=O)c3ccc(OC(C)C)cc3)c2n1.Cc1csc(S(=O)(=O)Cc2cccc3ccc(C)nc23)c1. The molecule has 7 aromatic heterocycles. The van der Waals surface area contributed by atoms with E-state index in [4.69, 9.17) is 9.72 Å². The fourth-order valence-electron chi connectivity index (χ4n) is 9.64. The predicted octanol–water partition coefficient (Wildman–Crippen LogP) is 16.8. The summed E-state index contributed by atoms with van der Waals surface area (Å²) in [6, 6.07) is 55.6. The average molecular weight is 1260 g/mol. The molecule has 11 nitrogen and oxygen atoms in total. The zero-order valence-electron chi connectivity index (χ0n) is 49.5. The summed E-state index contributed by atoms with van der Waals surface area (Å²) in [4.78, 5) is 22.3. The van der Waals surface area contributed by atoms with Crippen LogP contribution in [0.4, 0.5) is 0 Å². The van der Waals surface area contributed by atoms with E-state index in [1.54, 1.807) is 36.4 Å². The van der Waals surface area contributed by atoms with Gasteiger partial charge in [0.1, 0.15) is 14.2 Å². The second kappa shape index (κ2) is 27.5. The number of sulfone groups is 3. The van der Waals surface area contributed by atoms with Gasteiger partial charge < -0.3 is 4.74 Å². The number of hydrogen-bond donors (Lipinski definition) is 0. The minimum Gasteiger partial charge on any atom is -0.491 e. The Labute approximate surface area is 517 Å². The number of aromatic nitrogens is 4. The van der Waals surface area contributed by atoms with Crippen molar-refractivity contribution in [2.24, 2.45) is 0 Å². The summed E-state index contributed by atoms with van der Waals surface area (Å²) in [5.41, 5.74) is 11.7. The number of rotatable bonds is 14. The monoisotopic (exact) mass is 1260 g/mol. The number of fused-ring (bicyclic) bond motifs is 4. The number of nitrogens with zero attached hydrogens (tertiary/aromatic N) is 4. The quantitative estimate of drug-likeness (QED) is 0.102. The Hall–Kier alpha value is -7.51. The Bertz CT molecular complexity index is 4570. The van der Waals surface area contributed by atoms with Crippen molar-refractivity contribution in [1.82, 2.24) is 19.9 Å². The molecule has 7 heterocycles. The van der Waals surface area contributed by atoms with Crippen molar-refractivity contribution < 1.29 is 30.0 Å². The maximum absolute atomic E-state index is 12.8. The van der Waals surface area contributed by atoms with Crippen molar-refractivity contribution in [2.75, 3.05) is 0 Å². The first-order valence-electron chi connectivity index (χ1n) is 28.0. The van der Waals surface area contributed by atoms with Crippen LogP contribution in [0.5, 0.6) is 5.75 Å². The lowest BCUT2D eigenvalue weighted by Gasteiger charge is -2.11. The highest BCUT2D eigenvalue weighted by molar-refractivity contribution is 7.93. The van der Waals surface area contributed by atoms with E-state index in [-0.39, 0.29) is 28.3 Å². The molecule has 0 atom stereocenters. The summed E-state index contributed by atoms with van der Waals surface area (Å²) in [5, 5.41) is 5.98. The van der Waals surface area contributed by atoms with Gasteiger partial charge in [0.2, 0.25) is 0 Å². The van der Waals surface area contributed by atoms with Gasteiger partial charge >= 0.3 is 0 Å². The Morgan fingerprint density at radius 2 is 0.814 bits per heavy atom. The molecule has 5 aromatic carbocycles. The molecule has 0 aliphatic carbocycles. The number of pyridine rings is 4. The zero-order chi connectivity index (χ0) is 61.3. The van der Waals surface area contributed by atoms with Gasteiger partial charge in [-0.15, -0.1) is 34.0 Å². The summed E-state index contributed by atoms with van der Waals surface area (Å²) in [5.74, 6) is 0.559. The summed E-state index contributed by atoms with van der Waals surface area (Å²) >= 11 is 4.49. The van der Waals surface area contributed by atoms with Gasteiger partial charge in [0.05, 0.1) is 50.3 Å². The molecule has 0 N–H and O–H groups in total. The summed E-state index contributed by atoms with van der Waals surface area (Å²) in [7, 11) is -10.1. The normalized spacial score (nSPS) is 11.7. The number of benzene rings is 5. The van der Waals surface area contributed by atoms with Gasteiger partial charge in [-0.1, -0.05) is 97.1 Å². The molecule has 12 rings (SSSR count). The number of para-hydroxylation sites is 4. The van der Waals surface area contributed by atoms with Crippen LogP contribution in [0.3, 0.4) is 0 Å². The van der Waals surface area contributed by atoms with Crippen LogP contribution < -0.4 is 4.74 Å². The molecule has 0 aliphatic rings. The molecule has 0 saturated carbocycles. The van der Waals surface area contributed by atoms with Crippen LogP contribution in [-0.4, -0.2) is 51.3 Å². The van der Waals surface area contributed by atoms with Crippen molar-refractivity contribution >= 4 is 107 Å². The van der Waals surface area contributed by atoms with E-state index < -0.39 is 29.5 Å². The number of thiophene rings is 3. The lowest BCUT2D eigenvalue weighted by Crippen LogP contribution is -2.07. The second-order valence-electron chi connectivity index (χ2n) is 21.5. The van der Waals surface area contributed by atoms with E-state index in [0.29, 0.717) is 19.7 Å². The molecule has 0 saturated heterocycles. The number of ether oxygens (including phenoxy) is 1. The molecule has 12 aromatic rings. The highest BCUT2D eigenvalue weighted by Gasteiger charge is 2.22. The molecular formula is C69H68N4O7S6. The first-order valence-corrected chi connectivity index (χ1v) is 35.5. The van der Waals surface area contributed by atoms with Crippen molar-refractivity contribution in [3.8, 4) is 5.75 Å². The summed E-state index contributed by atoms with van der Waals surface area (Å²) < 4.78 is 82.1. The fourth-order valence-corrected chi connectivity index (χ4v) is 17.3. The lowest BCUT2D eigenvalue weighted by atomic mass is 10.0. The van der Waals surface area contributed by atoms with E-state index in [1.807, 2.05) is 162 Å². The Morgan fingerprint density at radius 3 is 1.21 bits per heavy atom. The second-order valence-corrected chi connectivity index (χ2v) is 31.5. The van der Waals surface area contributed by atoms with Gasteiger partial charge in [-0.3, -0.25) is 19.9 Å². The minimum atomic E-state index is -3.46. The Balaban J connectivity index is 0.000000138. The van der Waals surface area contributed by atoms with Crippen molar-refractivity contribution in [3.63, 3.8) is 0 Å². The smallest absolute Gasteiger partial charge is 0.191 e. The van der Waals surface area contributed by atoms with Crippen LogP contribution in [0, 0.1) is 48.5 Å². The van der Waals surface area contributed by atoms with Crippen molar-refractivity contribution in [1.29, 1.82) is 0 Å². The fraction of sp³-hybridized carbons (Fsp3) is 0.217. The van der Waals surface area contributed by atoms with Crippen LogP contribution in [0.15, 0.2) is 195 Å². The largest absolute Gasteiger partial charge is 0.491 e. The Morgan fingerprint density at radius 1 is 0.407 bits per heavy atom. The highest BCUT2D eigenvalue weighted by Crippen LogP contribution is 2.30. The van der Waals surface area contributed by atoms with Gasteiger partial charge in [-0.2, -0.15) is 0 Å². The molecule has 0 amide bonds. The molecule has 0 spiro atoms. The van der Waals surface area contributed by atoms with Crippen LogP contribution in [0.2, 0.25) is 0 Å². The third-order valence-electron chi connectivity index (χ3n) is 13.8. The molecule has 0 radical (unpaired) electrons. The zero-order valence-corrected chi connectivity index (χ0v) is 54.4. The minimum absolute atomic E-state index is 0.0131. The van der Waals surface area contributed by atoms with E-state index in [2.05, 4.69) is 71.3 Å². The predicted molar refractivity (Wildman–Crippen MR) is 355 cm³/mol. The first-order chi connectivity index (χ1) is 41.0. The maximum Gasteiger partial charge on any atom is 0.191 e. The van der Waals surface area contributed by atoms with E-state index in [1.165, 1.54) is 43.4 Å². The molecule has 17 heteroatoms. The highest BCUT2D eigenvalue weighted by atomic mass is 32.2.